The van der Waals surface area contributed by atoms with Crippen molar-refractivity contribution >= 4 is 19.8 Å². The summed E-state index contributed by atoms with van der Waals surface area (Å²) in [5, 5.41) is 0. The average Bonchev–Trinajstić information content (AvgIpc) is 3.13. The molecule has 0 aliphatic rings. The van der Waals surface area contributed by atoms with Crippen LogP contribution in [0.1, 0.15) is 187 Å². The summed E-state index contributed by atoms with van der Waals surface area (Å²) >= 11 is 0. The topological polar surface area (TPSA) is 111 Å². The number of hydrogen-bond acceptors (Lipinski definition) is 8. The van der Waals surface area contributed by atoms with E-state index in [-0.39, 0.29) is 26.1 Å². The van der Waals surface area contributed by atoms with Gasteiger partial charge < -0.3 is 27.9 Å². The van der Waals surface area contributed by atoms with Crippen LogP contribution in [0.5, 0.6) is 0 Å². The number of nitrogens with zero attached hydrogens (tertiary/aromatic N) is 1. The maximum atomic E-state index is 12.7. The monoisotopic (exact) mass is 798 g/mol. The lowest BCUT2D eigenvalue weighted by Crippen LogP contribution is -2.37. The molecule has 0 aromatic carbocycles. The van der Waals surface area contributed by atoms with Crippen molar-refractivity contribution in [2.75, 3.05) is 47.5 Å². The van der Waals surface area contributed by atoms with Gasteiger partial charge in [-0.3, -0.25) is 14.2 Å². The van der Waals surface area contributed by atoms with E-state index >= 15 is 0 Å². The number of likely N-dealkylation sites (N-methyl/N-ethyl adjacent to an activating group) is 1. The lowest BCUT2D eigenvalue weighted by Gasteiger charge is -2.28. The minimum atomic E-state index is -4.63. The summed E-state index contributed by atoms with van der Waals surface area (Å²) in [6, 6.07) is 0. The number of esters is 2. The third-order valence-electron chi connectivity index (χ3n) is 9.38. The summed E-state index contributed by atoms with van der Waals surface area (Å²) in [6.07, 6.45) is 41.6. The number of ether oxygens (including phenoxy) is 2. The number of rotatable bonds is 40. The van der Waals surface area contributed by atoms with Crippen molar-refractivity contribution in [1.82, 2.24) is 0 Å². The second-order valence-electron chi connectivity index (χ2n) is 16.1. The Hall–Kier alpha value is -1.77. The Bertz CT molecular complexity index is 1040. The van der Waals surface area contributed by atoms with Gasteiger partial charge in [0, 0.05) is 12.8 Å². The maximum Gasteiger partial charge on any atom is 0.306 e. The molecule has 0 aromatic rings. The normalized spacial score (nSPS) is 13.9. The highest BCUT2D eigenvalue weighted by Gasteiger charge is 2.21. The third kappa shape index (κ3) is 41.7. The summed E-state index contributed by atoms with van der Waals surface area (Å²) in [6.45, 7) is 4.17. The fraction of sp³-hybridized carbons (Fsp3) is 0.822. The van der Waals surface area contributed by atoms with Crippen molar-refractivity contribution in [3.8, 4) is 0 Å². The summed E-state index contributed by atoms with van der Waals surface area (Å²) in [5.74, 6) is -0.859. The van der Waals surface area contributed by atoms with E-state index in [0.717, 1.165) is 77.0 Å². The summed E-state index contributed by atoms with van der Waals surface area (Å²) in [7, 11) is 1.15. The SMILES string of the molecule is CCCCC/C=C\C/C=C\CCCCCCCC(=O)O[C@H](COC(=O)CCCCCCC/C=C\CCCCCCCCC)COP(=O)([O-])OCC[N+](C)(C)C. The quantitative estimate of drug-likeness (QED) is 0.0198. The van der Waals surface area contributed by atoms with Gasteiger partial charge in [0.2, 0.25) is 0 Å². The number of unbranched alkanes of at least 4 members (excludes halogenated alkanes) is 20. The number of phosphoric acid groups is 1. The summed E-state index contributed by atoms with van der Waals surface area (Å²) in [5.41, 5.74) is 0. The first-order valence-corrected chi connectivity index (χ1v) is 23.7. The molecular weight excluding hydrogens is 713 g/mol. The van der Waals surface area contributed by atoms with Crippen LogP contribution in [-0.4, -0.2) is 70.0 Å². The van der Waals surface area contributed by atoms with E-state index in [1.807, 2.05) is 21.1 Å². The van der Waals surface area contributed by atoms with Gasteiger partial charge in [-0.1, -0.05) is 140 Å². The smallest absolute Gasteiger partial charge is 0.306 e. The molecule has 0 saturated heterocycles. The molecule has 0 amide bonds. The molecule has 0 bridgehead atoms. The number of quaternary nitrogens is 1. The molecule has 0 spiro atoms. The first kappa shape index (κ1) is 53.2. The molecule has 9 nitrogen and oxygen atoms in total. The molecule has 0 N–H and O–H groups in total. The number of allylic oxidation sites excluding steroid dienone is 6. The molecular formula is C45H84NO8P. The van der Waals surface area contributed by atoms with Crippen LogP contribution in [0.4, 0.5) is 0 Å². The molecule has 2 atom stereocenters. The number of hydrogen-bond donors (Lipinski definition) is 0. The van der Waals surface area contributed by atoms with E-state index in [1.54, 1.807) is 0 Å². The van der Waals surface area contributed by atoms with E-state index in [1.165, 1.54) is 77.0 Å². The van der Waals surface area contributed by atoms with Crippen molar-refractivity contribution in [2.24, 2.45) is 0 Å². The lowest BCUT2D eigenvalue weighted by molar-refractivity contribution is -0.870. The Kier molecular flexibility index (Phi) is 36.6. The minimum Gasteiger partial charge on any atom is -0.756 e. The minimum absolute atomic E-state index is 0.0352. The second-order valence-corrected chi connectivity index (χ2v) is 17.5. The van der Waals surface area contributed by atoms with Crippen molar-refractivity contribution < 1.29 is 42.1 Å². The zero-order valence-corrected chi connectivity index (χ0v) is 37.0. The van der Waals surface area contributed by atoms with Gasteiger partial charge in [0.15, 0.2) is 6.10 Å². The number of phosphoric ester groups is 1. The molecule has 0 saturated carbocycles. The molecule has 0 rings (SSSR count). The molecule has 55 heavy (non-hydrogen) atoms. The highest BCUT2D eigenvalue weighted by Crippen LogP contribution is 2.38. The Morgan fingerprint density at radius 1 is 0.564 bits per heavy atom. The zero-order valence-electron chi connectivity index (χ0n) is 36.1. The van der Waals surface area contributed by atoms with E-state index in [2.05, 4.69) is 50.3 Å². The first-order chi connectivity index (χ1) is 26.5. The fourth-order valence-corrected chi connectivity index (χ4v) is 6.58. The highest BCUT2D eigenvalue weighted by molar-refractivity contribution is 7.45. The van der Waals surface area contributed by atoms with Crippen LogP contribution in [-0.2, 0) is 32.7 Å². The van der Waals surface area contributed by atoms with E-state index in [0.29, 0.717) is 17.4 Å². The van der Waals surface area contributed by atoms with Gasteiger partial charge in [-0.2, -0.15) is 0 Å². The van der Waals surface area contributed by atoms with Gasteiger partial charge in [-0.05, 0) is 70.6 Å². The predicted octanol–water partition coefficient (Wildman–Crippen LogP) is 11.9. The third-order valence-corrected chi connectivity index (χ3v) is 10.3. The van der Waals surface area contributed by atoms with Gasteiger partial charge in [0.25, 0.3) is 7.82 Å². The van der Waals surface area contributed by atoms with E-state index < -0.39 is 32.5 Å². The van der Waals surface area contributed by atoms with Crippen LogP contribution in [0.15, 0.2) is 36.5 Å². The van der Waals surface area contributed by atoms with Crippen molar-refractivity contribution in [3.63, 3.8) is 0 Å². The molecule has 0 fully saturated rings. The molecule has 0 heterocycles. The molecule has 1 unspecified atom stereocenters. The van der Waals surface area contributed by atoms with Gasteiger partial charge in [-0.15, -0.1) is 0 Å². The van der Waals surface area contributed by atoms with Crippen LogP contribution in [0.25, 0.3) is 0 Å². The molecule has 0 radical (unpaired) electrons. The standard InChI is InChI=1S/C45H84NO8P/c1-6-8-10-12-14-16-18-20-22-24-25-27-29-31-33-35-37-44(47)51-41-43(42-53-55(49,50)52-40-39-46(3,4)5)54-45(48)38-36-34-32-30-28-26-23-21-19-17-15-13-11-9-7-2/h15,17,21-24,43H,6-14,16,18-20,25-42H2,1-5H3/b17-15-,23-21-,24-22-/t43-/m1/s1. The van der Waals surface area contributed by atoms with Gasteiger partial charge in [0.1, 0.15) is 19.8 Å². The largest absolute Gasteiger partial charge is 0.756 e. The van der Waals surface area contributed by atoms with Crippen LogP contribution in [0.3, 0.4) is 0 Å². The summed E-state index contributed by atoms with van der Waals surface area (Å²) in [4.78, 5) is 37.5. The van der Waals surface area contributed by atoms with Crippen LogP contribution >= 0.6 is 7.82 Å². The molecule has 0 aliphatic heterocycles. The van der Waals surface area contributed by atoms with Gasteiger partial charge in [-0.25, -0.2) is 0 Å². The molecule has 0 aliphatic carbocycles. The average molecular weight is 798 g/mol. The number of carbonyl (C=O) groups excluding carboxylic acids is 2. The van der Waals surface area contributed by atoms with Crippen molar-refractivity contribution in [2.45, 2.75) is 193 Å². The highest BCUT2D eigenvalue weighted by atomic mass is 31.2. The predicted molar refractivity (Wildman–Crippen MR) is 227 cm³/mol. The van der Waals surface area contributed by atoms with E-state index in [4.69, 9.17) is 18.5 Å². The Labute approximate surface area is 338 Å². The van der Waals surface area contributed by atoms with Crippen LogP contribution in [0, 0.1) is 0 Å². The maximum absolute atomic E-state index is 12.7. The van der Waals surface area contributed by atoms with Gasteiger partial charge >= 0.3 is 11.9 Å². The summed E-state index contributed by atoms with van der Waals surface area (Å²) < 4.78 is 33.9. The van der Waals surface area contributed by atoms with Crippen LogP contribution < -0.4 is 4.89 Å². The van der Waals surface area contributed by atoms with Crippen molar-refractivity contribution in [3.05, 3.63) is 36.5 Å². The zero-order chi connectivity index (χ0) is 40.7. The molecule has 322 valence electrons. The van der Waals surface area contributed by atoms with Crippen molar-refractivity contribution in [1.29, 1.82) is 0 Å². The fourth-order valence-electron chi connectivity index (χ4n) is 5.85. The first-order valence-electron chi connectivity index (χ1n) is 22.2. The Morgan fingerprint density at radius 2 is 0.982 bits per heavy atom. The molecule has 0 aromatic heterocycles. The Balaban J connectivity index is 4.39. The van der Waals surface area contributed by atoms with Crippen LogP contribution in [0.2, 0.25) is 0 Å². The Morgan fingerprint density at radius 3 is 1.49 bits per heavy atom. The molecule has 10 heteroatoms. The van der Waals surface area contributed by atoms with Gasteiger partial charge in [0.05, 0.1) is 27.7 Å². The number of carbonyl (C=O) groups is 2. The van der Waals surface area contributed by atoms with E-state index in [9.17, 15) is 19.0 Å². The lowest BCUT2D eigenvalue weighted by atomic mass is 10.1. The second kappa shape index (κ2) is 37.8.